The minimum absolute atomic E-state index is 0.0927. The first-order valence-corrected chi connectivity index (χ1v) is 7.67. The zero-order valence-electron chi connectivity index (χ0n) is 13.4. The van der Waals surface area contributed by atoms with Gasteiger partial charge in [0.15, 0.2) is 29.6 Å². The first-order chi connectivity index (χ1) is 11.8. The maximum absolute atomic E-state index is 11.9. The van der Waals surface area contributed by atoms with Crippen molar-refractivity contribution in [3.8, 4) is 23.0 Å². The van der Waals surface area contributed by atoms with Crippen LogP contribution in [0, 0.1) is 0 Å². The Morgan fingerprint density at radius 2 is 1.83 bits per heavy atom. The predicted octanol–water partition coefficient (Wildman–Crippen LogP) is 2.03. The van der Waals surface area contributed by atoms with Crippen LogP contribution in [0.4, 0.5) is 0 Å². The fraction of sp³-hybridized carbons (Fsp3) is 0.278. The number of nitrogens with one attached hydrogen (secondary N) is 1. The van der Waals surface area contributed by atoms with Crippen LogP contribution in [-0.2, 0) is 4.79 Å². The molecule has 1 aliphatic heterocycles. The van der Waals surface area contributed by atoms with Crippen molar-refractivity contribution < 1.29 is 23.7 Å². The maximum Gasteiger partial charge on any atom is 0.258 e. The molecule has 0 unspecified atom stereocenters. The third-order valence-electron chi connectivity index (χ3n) is 3.52. The topological polar surface area (TPSA) is 66.0 Å². The van der Waals surface area contributed by atoms with Gasteiger partial charge >= 0.3 is 0 Å². The smallest absolute Gasteiger partial charge is 0.258 e. The molecule has 0 spiro atoms. The first kappa shape index (κ1) is 16.0. The molecular formula is C18H19NO5. The Kier molecular flexibility index (Phi) is 5.05. The Balaban J connectivity index is 1.45. The van der Waals surface area contributed by atoms with Gasteiger partial charge in [-0.3, -0.25) is 4.79 Å². The van der Waals surface area contributed by atoms with Gasteiger partial charge < -0.3 is 24.3 Å². The molecule has 0 bridgehead atoms. The summed E-state index contributed by atoms with van der Waals surface area (Å²) in [6.07, 6.45) is -0.227. The molecule has 0 saturated heterocycles. The second kappa shape index (κ2) is 7.59. The van der Waals surface area contributed by atoms with E-state index in [1.54, 1.807) is 19.2 Å². The molecule has 1 N–H and O–H groups in total. The van der Waals surface area contributed by atoms with E-state index in [0.29, 0.717) is 30.4 Å². The van der Waals surface area contributed by atoms with E-state index >= 15 is 0 Å². The molecule has 0 saturated carbocycles. The van der Waals surface area contributed by atoms with Gasteiger partial charge in [-0.2, -0.15) is 0 Å². The molecule has 1 aliphatic rings. The molecule has 1 amide bonds. The lowest BCUT2D eigenvalue weighted by molar-refractivity contribution is -0.123. The number of benzene rings is 2. The number of amides is 1. The third-order valence-corrected chi connectivity index (χ3v) is 3.52. The summed E-state index contributed by atoms with van der Waals surface area (Å²) in [5.74, 6) is 2.29. The van der Waals surface area contributed by atoms with Crippen molar-refractivity contribution in [3.05, 3.63) is 48.5 Å². The van der Waals surface area contributed by atoms with Gasteiger partial charge in [0.25, 0.3) is 5.91 Å². The number of para-hydroxylation sites is 4. The Bertz CT molecular complexity index is 703. The quantitative estimate of drug-likeness (QED) is 0.878. The zero-order valence-corrected chi connectivity index (χ0v) is 13.4. The van der Waals surface area contributed by atoms with Gasteiger partial charge in [0.1, 0.15) is 12.7 Å². The number of carbonyl (C=O) groups excluding carboxylic acids is 1. The maximum atomic E-state index is 11.9. The van der Waals surface area contributed by atoms with Crippen LogP contribution >= 0.6 is 0 Å². The standard InChI is InChI=1S/C18H19NO5/c1-21-14-6-2-3-7-15(14)23-12-18(20)19-10-13-11-22-16-8-4-5-9-17(16)24-13/h2-9,13H,10-12H2,1H3,(H,19,20)/t13-/m1/s1. The van der Waals surface area contributed by atoms with E-state index in [1.807, 2.05) is 36.4 Å². The highest BCUT2D eigenvalue weighted by atomic mass is 16.6. The average Bonchev–Trinajstić information content (AvgIpc) is 2.64. The van der Waals surface area contributed by atoms with Crippen molar-refractivity contribution in [1.29, 1.82) is 0 Å². The van der Waals surface area contributed by atoms with Gasteiger partial charge in [-0.15, -0.1) is 0 Å². The highest BCUT2D eigenvalue weighted by Crippen LogP contribution is 2.30. The number of hydrogen-bond acceptors (Lipinski definition) is 5. The van der Waals surface area contributed by atoms with Crippen molar-refractivity contribution in [2.24, 2.45) is 0 Å². The number of rotatable bonds is 6. The fourth-order valence-corrected chi connectivity index (χ4v) is 2.32. The molecule has 1 atom stereocenters. The molecule has 2 aromatic carbocycles. The summed E-state index contributed by atoms with van der Waals surface area (Å²) in [6.45, 7) is 0.650. The molecular weight excluding hydrogens is 310 g/mol. The number of methoxy groups -OCH3 is 1. The molecule has 3 rings (SSSR count). The molecule has 1 heterocycles. The van der Waals surface area contributed by atoms with Crippen LogP contribution in [0.2, 0.25) is 0 Å². The van der Waals surface area contributed by atoms with Crippen LogP contribution in [0.25, 0.3) is 0 Å². The Labute approximate surface area is 140 Å². The van der Waals surface area contributed by atoms with Gasteiger partial charge in [0, 0.05) is 0 Å². The lowest BCUT2D eigenvalue weighted by atomic mass is 10.2. The molecule has 0 radical (unpaired) electrons. The number of fused-ring (bicyclic) bond motifs is 1. The van der Waals surface area contributed by atoms with Crippen molar-refractivity contribution in [1.82, 2.24) is 5.32 Å². The van der Waals surface area contributed by atoms with Crippen molar-refractivity contribution in [2.45, 2.75) is 6.10 Å². The Hall–Kier alpha value is -2.89. The minimum atomic E-state index is -0.233. The van der Waals surface area contributed by atoms with Crippen LogP contribution in [-0.4, -0.2) is 38.9 Å². The monoisotopic (exact) mass is 329 g/mol. The summed E-state index contributed by atoms with van der Waals surface area (Å²) >= 11 is 0. The van der Waals surface area contributed by atoms with Crippen molar-refractivity contribution in [2.75, 3.05) is 26.9 Å². The van der Waals surface area contributed by atoms with Crippen LogP contribution in [0.1, 0.15) is 0 Å². The summed E-state index contributed by atoms with van der Waals surface area (Å²) in [4.78, 5) is 11.9. The molecule has 6 heteroatoms. The second-order valence-electron chi connectivity index (χ2n) is 5.24. The van der Waals surface area contributed by atoms with Gasteiger partial charge in [-0.1, -0.05) is 24.3 Å². The van der Waals surface area contributed by atoms with E-state index in [1.165, 1.54) is 0 Å². The molecule has 6 nitrogen and oxygen atoms in total. The van der Waals surface area contributed by atoms with E-state index in [2.05, 4.69) is 5.32 Å². The van der Waals surface area contributed by atoms with E-state index < -0.39 is 0 Å². The lowest BCUT2D eigenvalue weighted by Crippen LogP contribution is -2.42. The van der Waals surface area contributed by atoms with Crippen LogP contribution in [0.5, 0.6) is 23.0 Å². The van der Waals surface area contributed by atoms with E-state index in [-0.39, 0.29) is 18.6 Å². The number of carbonyl (C=O) groups is 1. The molecule has 126 valence electrons. The lowest BCUT2D eigenvalue weighted by Gasteiger charge is -2.26. The van der Waals surface area contributed by atoms with E-state index in [0.717, 1.165) is 5.75 Å². The highest BCUT2D eigenvalue weighted by Gasteiger charge is 2.21. The third kappa shape index (κ3) is 3.90. The van der Waals surface area contributed by atoms with E-state index in [4.69, 9.17) is 18.9 Å². The fourth-order valence-electron chi connectivity index (χ4n) is 2.32. The van der Waals surface area contributed by atoms with Gasteiger partial charge in [-0.25, -0.2) is 0 Å². The minimum Gasteiger partial charge on any atom is -0.493 e. The van der Waals surface area contributed by atoms with E-state index in [9.17, 15) is 4.79 Å². The Morgan fingerprint density at radius 3 is 2.62 bits per heavy atom. The van der Waals surface area contributed by atoms with Crippen LogP contribution < -0.4 is 24.3 Å². The van der Waals surface area contributed by atoms with Gasteiger partial charge in [0.05, 0.1) is 13.7 Å². The zero-order chi connectivity index (χ0) is 16.8. The average molecular weight is 329 g/mol. The summed E-state index contributed by atoms with van der Waals surface area (Å²) in [6, 6.07) is 14.6. The SMILES string of the molecule is COc1ccccc1OCC(=O)NC[C@@H]1COc2ccccc2O1. The molecule has 0 aromatic heterocycles. The number of ether oxygens (including phenoxy) is 4. The van der Waals surface area contributed by atoms with Crippen molar-refractivity contribution >= 4 is 5.91 Å². The molecule has 0 aliphatic carbocycles. The van der Waals surface area contributed by atoms with Crippen LogP contribution in [0.3, 0.4) is 0 Å². The molecule has 24 heavy (non-hydrogen) atoms. The van der Waals surface area contributed by atoms with Gasteiger partial charge in [0.2, 0.25) is 0 Å². The predicted molar refractivity (Wildman–Crippen MR) is 87.9 cm³/mol. The Morgan fingerprint density at radius 1 is 1.12 bits per heavy atom. The second-order valence-corrected chi connectivity index (χ2v) is 5.24. The first-order valence-electron chi connectivity index (χ1n) is 7.67. The highest BCUT2D eigenvalue weighted by molar-refractivity contribution is 5.77. The number of hydrogen-bond donors (Lipinski definition) is 1. The van der Waals surface area contributed by atoms with Crippen LogP contribution in [0.15, 0.2) is 48.5 Å². The van der Waals surface area contributed by atoms with Gasteiger partial charge in [-0.05, 0) is 24.3 Å². The molecule has 0 fully saturated rings. The normalized spacial score (nSPS) is 15.5. The van der Waals surface area contributed by atoms with Crippen molar-refractivity contribution in [3.63, 3.8) is 0 Å². The summed E-state index contributed by atoms with van der Waals surface area (Å²) < 4.78 is 22.0. The summed E-state index contributed by atoms with van der Waals surface area (Å²) in [5, 5.41) is 2.78. The molecule has 2 aromatic rings. The largest absolute Gasteiger partial charge is 0.493 e. The summed E-state index contributed by atoms with van der Waals surface area (Å²) in [5.41, 5.74) is 0. The summed E-state index contributed by atoms with van der Waals surface area (Å²) in [7, 11) is 1.56.